The van der Waals surface area contributed by atoms with E-state index in [-0.39, 0.29) is 6.04 Å². The molecule has 188 valence electrons. The van der Waals surface area contributed by atoms with Crippen molar-refractivity contribution in [3.8, 4) is 0 Å². The van der Waals surface area contributed by atoms with Gasteiger partial charge in [0.25, 0.3) is 6.10 Å². The van der Waals surface area contributed by atoms with Gasteiger partial charge in [-0.25, -0.2) is 9.18 Å². The molecular weight excluding hydrogens is 483 g/mol. The van der Waals surface area contributed by atoms with Gasteiger partial charge in [-0.2, -0.15) is 26.3 Å². The number of amides is 1. The number of hydrogen-bond acceptors (Lipinski definition) is 2. The van der Waals surface area contributed by atoms with Crippen LogP contribution in [0.2, 0.25) is 11.1 Å². The number of alkyl halides is 7. The minimum atomic E-state index is -5.85. The van der Waals surface area contributed by atoms with Crippen LogP contribution in [0.25, 0.3) is 0 Å². The molecule has 0 unspecified atom stereocenters. The lowest BCUT2D eigenvalue weighted by molar-refractivity contribution is -0.307. The third-order valence-corrected chi connectivity index (χ3v) is 11.9. The van der Waals surface area contributed by atoms with Crippen LogP contribution in [0.5, 0.6) is 0 Å². The molecule has 0 radical (unpaired) electrons. The molecule has 1 N–H and O–H groups in total. The molecule has 34 heavy (non-hydrogen) atoms. The summed E-state index contributed by atoms with van der Waals surface area (Å²) in [4.78, 5) is 11.7. The average molecular weight is 510 g/mol. The van der Waals surface area contributed by atoms with Gasteiger partial charge in [0.2, 0.25) is 0 Å². The molecule has 2 aromatic rings. The van der Waals surface area contributed by atoms with Crippen LogP contribution in [-0.2, 0) is 4.74 Å². The quantitative estimate of drug-likeness (QED) is 0.390. The van der Waals surface area contributed by atoms with Gasteiger partial charge in [-0.3, -0.25) is 0 Å². The lowest BCUT2D eigenvalue weighted by Crippen LogP contribution is -2.65. The summed E-state index contributed by atoms with van der Waals surface area (Å²) in [5.41, 5.74) is 0. The van der Waals surface area contributed by atoms with Crippen LogP contribution < -0.4 is 15.7 Å². The summed E-state index contributed by atoms with van der Waals surface area (Å²) in [5, 5.41) is 3.11. The lowest BCUT2D eigenvalue weighted by Gasteiger charge is -2.45. The standard InChI is InChI=1S/C23H26F7NO2Si/c1-21(2,3)34(17-10-6-4-7-11-17,18-12-8-5-9-13-18)15-16(24)14-31-20(32)33-19(22(25,26)27)23(28,29)30/h4-13,16,19H,14-15H2,1-3H3,(H,31,32)/t16-/m0/s1. The Hall–Kier alpha value is -2.56. The summed E-state index contributed by atoms with van der Waals surface area (Å²) in [7, 11) is -2.90. The predicted molar refractivity (Wildman–Crippen MR) is 118 cm³/mol. The number of ether oxygens (including phenoxy) is 1. The van der Waals surface area contributed by atoms with Gasteiger partial charge in [-0.05, 0) is 11.1 Å². The first-order valence-electron chi connectivity index (χ1n) is 10.4. The van der Waals surface area contributed by atoms with Gasteiger partial charge in [0.1, 0.15) is 14.2 Å². The van der Waals surface area contributed by atoms with Crippen molar-refractivity contribution in [2.75, 3.05) is 6.54 Å². The van der Waals surface area contributed by atoms with Gasteiger partial charge in [0.05, 0.1) is 6.54 Å². The van der Waals surface area contributed by atoms with E-state index in [1.807, 2.05) is 81.4 Å². The second kappa shape index (κ2) is 10.4. The molecule has 0 saturated heterocycles. The zero-order valence-corrected chi connectivity index (χ0v) is 19.8. The zero-order valence-electron chi connectivity index (χ0n) is 18.8. The van der Waals surface area contributed by atoms with Crippen molar-refractivity contribution in [2.45, 2.75) is 56.5 Å². The maximum absolute atomic E-state index is 15.3. The molecule has 0 spiro atoms. The predicted octanol–water partition coefficient (Wildman–Crippen LogP) is 5.61. The van der Waals surface area contributed by atoms with E-state index < -0.39 is 50.4 Å². The van der Waals surface area contributed by atoms with Crippen LogP contribution in [0.3, 0.4) is 0 Å². The Labute approximate surface area is 194 Å². The van der Waals surface area contributed by atoms with Gasteiger partial charge < -0.3 is 10.1 Å². The molecule has 1 amide bonds. The van der Waals surface area contributed by atoms with Crippen molar-refractivity contribution in [2.24, 2.45) is 0 Å². The number of nitrogens with one attached hydrogen (secondary N) is 1. The second-order valence-corrected chi connectivity index (χ2v) is 13.8. The first kappa shape index (κ1) is 27.7. The number of alkyl carbamates (subject to hydrolysis) is 1. The first-order valence-corrected chi connectivity index (χ1v) is 12.6. The van der Waals surface area contributed by atoms with Crippen LogP contribution >= 0.6 is 0 Å². The summed E-state index contributed by atoms with van der Waals surface area (Å²) in [6.45, 7) is 5.09. The Bertz CT molecular complexity index is 875. The third-order valence-electron chi connectivity index (χ3n) is 5.63. The van der Waals surface area contributed by atoms with Crippen LogP contribution in [0.15, 0.2) is 60.7 Å². The summed E-state index contributed by atoms with van der Waals surface area (Å²) in [6.07, 6.45) is -19.7. The normalized spacial score (nSPS) is 14.1. The van der Waals surface area contributed by atoms with Crippen LogP contribution in [0.4, 0.5) is 35.5 Å². The Morgan fingerprint density at radius 3 is 1.62 bits per heavy atom. The van der Waals surface area contributed by atoms with Crippen molar-refractivity contribution in [3.63, 3.8) is 0 Å². The van der Waals surface area contributed by atoms with Crippen LogP contribution in [0.1, 0.15) is 20.8 Å². The van der Waals surface area contributed by atoms with E-state index in [9.17, 15) is 31.1 Å². The van der Waals surface area contributed by atoms with Crippen LogP contribution in [0, 0.1) is 0 Å². The second-order valence-electron chi connectivity index (χ2n) is 8.94. The molecule has 0 aliphatic carbocycles. The average Bonchev–Trinajstić information content (AvgIpc) is 2.73. The molecule has 0 aliphatic heterocycles. The molecule has 0 bridgehead atoms. The molecule has 2 rings (SSSR count). The minimum Gasteiger partial charge on any atom is -0.427 e. The van der Waals surface area contributed by atoms with Gasteiger partial charge in [0.15, 0.2) is 0 Å². The number of rotatable bonds is 7. The van der Waals surface area contributed by atoms with Gasteiger partial charge in [-0.15, -0.1) is 0 Å². The van der Waals surface area contributed by atoms with Crippen molar-refractivity contribution >= 4 is 24.5 Å². The third kappa shape index (κ3) is 6.52. The fraction of sp³-hybridized carbons (Fsp3) is 0.435. The Morgan fingerprint density at radius 2 is 1.26 bits per heavy atom. The summed E-state index contributed by atoms with van der Waals surface area (Å²) in [6, 6.07) is 18.4. The SMILES string of the molecule is CC(C)(C)[Si](C[C@@H](F)CNC(=O)OC(C(F)(F)F)C(F)(F)F)(c1ccccc1)c1ccccc1. The lowest BCUT2D eigenvalue weighted by atomic mass is 10.2. The first-order chi connectivity index (χ1) is 15.6. The monoisotopic (exact) mass is 509 g/mol. The fourth-order valence-electron chi connectivity index (χ4n) is 4.09. The van der Waals surface area contributed by atoms with Gasteiger partial charge in [0, 0.05) is 0 Å². The van der Waals surface area contributed by atoms with Gasteiger partial charge >= 0.3 is 18.4 Å². The van der Waals surface area contributed by atoms with E-state index in [4.69, 9.17) is 0 Å². The Morgan fingerprint density at radius 1 is 0.853 bits per heavy atom. The van der Waals surface area contributed by atoms with Crippen molar-refractivity contribution in [1.29, 1.82) is 0 Å². The zero-order chi connectivity index (χ0) is 25.8. The largest absolute Gasteiger partial charge is 0.434 e. The molecule has 0 fully saturated rings. The number of carbonyl (C=O) groups excluding carboxylic acids is 1. The highest BCUT2D eigenvalue weighted by Gasteiger charge is 2.60. The maximum atomic E-state index is 15.3. The fourth-order valence-corrected chi connectivity index (χ4v) is 9.57. The Balaban J connectivity index is 2.27. The number of carbonyl (C=O) groups is 1. The number of halogens is 7. The summed E-state index contributed by atoms with van der Waals surface area (Å²) >= 11 is 0. The van der Waals surface area contributed by atoms with Crippen molar-refractivity contribution < 1.29 is 40.3 Å². The van der Waals surface area contributed by atoms with E-state index in [2.05, 4.69) is 4.74 Å². The molecule has 0 aliphatic rings. The van der Waals surface area contributed by atoms with E-state index in [1.165, 1.54) is 0 Å². The highest BCUT2D eigenvalue weighted by Crippen LogP contribution is 2.40. The molecule has 2 aromatic carbocycles. The highest BCUT2D eigenvalue weighted by atomic mass is 28.3. The van der Waals surface area contributed by atoms with E-state index in [0.717, 1.165) is 10.4 Å². The number of benzene rings is 2. The molecule has 0 saturated carbocycles. The number of hydrogen-bond donors (Lipinski definition) is 1. The Kier molecular flexibility index (Phi) is 8.44. The topological polar surface area (TPSA) is 38.3 Å². The smallest absolute Gasteiger partial charge is 0.427 e. The van der Waals surface area contributed by atoms with Crippen LogP contribution in [-0.4, -0.2) is 45.3 Å². The van der Waals surface area contributed by atoms with Crippen molar-refractivity contribution in [1.82, 2.24) is 5.32 Å². The maximum Gasteiger partial charge on any atom is 0.434 e. The van der Waals surface area contributed by atoms with Gasteiger partial charge in [-0.1, -0.05) is 91.8 Å². The molecule has 0 heterocycles. The summed E-state index contributed by atoms with van der Waals surface area (Å²) in [5.74, 6) is 0. The van der Waals surface area contributed by atoms with E-state index in [0.29, 0.717) is 0 Å². The molecule has 11 heteroatoms. The highest BCUT2D eigenvalue weighted by molar-refractivity contribution is 7.04. The van der Waals surface area contributed by atoms with Crippen molar-refractivity contribution in [3.05, 3.63) is 60.7 Å². The van der Waals surface area contributed by atoms with E-state index in [1.54, 1.807) is 5.32 Å². The molecule has 0 aromatic heterocycles. The molecule has 1 atom stereocenters. The molecular formula is C23H26F7NO2Si. The summed E-state index contributed by atoms with van der Waals surface area (Å²) < 4.78 is 94.5. The molecule has 3 nitrogen and oxygen atoms in total. The minimum absolute atomic E-state index is 0.0627. The van der Waals surface area contributed by atoms with E-state index >= 15 is 4.39 Å².